The molecule has 236 valence electrons. The van der Waals surface area contributed by atoms with Crippen LogP contribution in [0.4, 0.5) is 10.5 Å². The molecule has 0 saturated carbocycles. The summed E-state index contributed by atoms with van der Waals surface area (Å²) in [5.74, 6) is -3.88. The van der Waals surface area contributed by atoms with Crippen molar-refractivity contribution in [3.63, 3.8) is 0 Å². The number of imide groups is 1. The molecular formula is C32H33N9O5. The summed E-state index contributed by atoms with van der Waals surface area (Å²) in [6.45, 7) is 1.39. The molecule has 2 fully saturated rings. The molecule has 3 unspecified atom stereocenters. The molecule has 14 heteroatoms. The summed E-state index contributed by atoms with van der Waals surface area (Å²) in [5.41, 5.74) is 14.1. The fraction of sp³-hybridized carbons (Fsp3) is 0.281. The lowest BCUT2D eigenvalue weighted by atomic mass is 9.84. The van der Waals surface area contributed by atoms with E-state index < -0.39 is 47.4 Å². The standard InChI is InChI=1S/C32H33N9O5/c1-18-9-5-6-12-20(18)21-13-7-8-14-22(21)27(43)36-24-16-41-29(34)35-23(26-31(41,32(24,45)46)38-28(33)37-26)15-40-25(42)17-39(30(40)44)19-10-3-2-4-11-19/h2-14,23-24,26,45-46H,15-17H2,1H3,(H2,34,35)(H,36,43)(H3,33,37,38)/t23-,24?,26?,31?/m0/s1. The highest BCUT2D eigenvalue weighted by atomic mass is 16.5. The minimum atomic E-state index is -2.69. The first-order chi connectivity index (χ1) is 22.0. The second kappa shape index (κ2) is 10.6. The van der Waals surface area contributed by atoms with Crippen molar-refractivity contribution in [1.82, 2.24) is 20.4 Å². The van der Waals surface area contributed by atoms with Crippen molar-refractivity contribution in [1.29, 1.82) is 0 Å². The maximum Gasteiger partial charge on any atom is 0.331 e. The van der Waals surface area contributed by atoms with E-state index in [0.29, 0.717) is 16.8 Å². The number of aliphatic imine (C=N–C) groups is 2. The molecule has 4 aliphatic heterocycles. The second-order valence-electron chi connectivity index (χ2n) is 11.8. The van der Waals surface area contributed by atoms with Crippen molar-refractivity contribution in [3.8, 4) is 11.1 Å². The molecule has 0 radical (unpaired) electrons. The summed E-state index contributed by atoms with van der Waals surface area (Å²) in [6, 6.07) is 19.6. The van der Waals surface area contributed by atoms with Crippen LogP contribution in [0.15, 0.2) is 88.8 Å². The van der Waals surface area contributed by atoms with Gasteiger partial charge in [0.1, 0.15) is 18.6 Å². The largest absolute Gasteiger partial charge is 0.370 e. The highest BCUT2D eigenvalue weighted by Gasteiger charge is 2.73. The van der Waals surface area contributed by atoms with Gasteiger partial charge in [-0.15, -0.1) is 0 Å². The van der Waals surface area contributed by atoms with E-state index in [0.717, 1.165) is 16.0 Å². The number of carbonyl (C=O) groups is 3. The number of aryl methyl sites for hydroxylation is 1. The van der Waals surface area contributed by atoms with Crippen molar-refractivity contribution < 1.29 is 24.6 Å². The molecule has 0 aliphatic carbocycles. The van der Waals surface area contributed by atoms with E-state index in [2.05, 4.69) is 20.6 Å². The second-order valence-corrected chi connectivity index (χ2v) is 11.8. The molecule has 3 aromatic rings. The van der Waals surface area contributed by atoms with Gasteiger partial charge < -0.3 is 37.2 Å². The Bertz CT molecular complexity index is 1810. The topological polar surface area (TPSA) is 202 Å². The van der Waals surface area contributed by atoms with E-state index in [4.69, 9.17) is 11.5 Å². The Balaban J connectivity index is 1.17. The summed E-state index contributed by atoms with van der Waals surface area (Å²) >= 11 is 0. The summed E-state index contributed by atoms with van der Waals surface area (Å²) in [4.78, 5) is 53.0. The third kappa shape index (κ3) is 4.29. The van der Waals surface area contributed by atoms with E-state index in [1.807, 2.05) is 43.3 Å². The predicted octanol–water partition coefficient (Wildman–Crippen LogP) is -0.0946. The number of anilines is 1. The van der Waals surface area contributed by atoms with E-state index in [1.165, 1.54) is 9.80 Å². The number of nitrogens with zero attached hydrogens (tertiary/aromatic N) is 5. The van der Waals surface area contributed by atoms with Crippen LogP contribution in [0.5, 0.6) is 0 Å². The summed E-state index contributed by atoms with van der Waals surface area (Å²) < 4.78 is 0. The Morgan fingerprint density at radius 3 is 2.39 bits per heavy atom. The third-order valence-corrected chi connectivity index (χ3v) is 9.21. The number of carbonyl (C=O) groups excluding carboxylic acids is 3. The Kier molecular flexibility index (Phi) is 6.72. The van der Waals surface area contributed by atoms with Crippen LogP contribution in [0, 0.1) is 6.92 Å². The molecule has 46 heavy (non-hydrogen) atoms. The molecule has 4 amide bonds. The molecule has 2 saturated heterocycles. The van der Waals surface area contributed by atoms with Gasteiger partial charge in [-0.25, -0.2) is 14.8 Å². The van der Waals surface area contributed by atoms with Crippen LogP contribution in [-0.4, -0.2) is 99.0 Å². The summed E-state index contributed by atoms with van der Waals surface area (Å²) in [6.07, 6.45) is 0. The first-order valence-corrected chi connectivity index (χ1v) is 14.8. The van der Waals surface area contributed by atoms with E-state index in [1.54, 1.807) is 42.5 Å². The molecule has 3 aromatic carbocycles. The number of rotatable bonds is 6. The fourth-order valence-electron chi connectivity index (χ4n) is 6.98. The van der Waals surface area contributed by atoms with Crippen molar-refractivity contribution in [3.05, 3.63) is 90.0 Å². The van der Waals surface area contributed by atoms with E-state index in [-0.39, 0.29) is 31.6 Å². The Labute approximate surface area is 264 Å². The molecule has 4 atom stereocenters. The van der Waals surface area contributed by atoms with Crippen LogP contribution >= 0.6 is 0 Å². The highest BCUT2D eigenvalue weighted by Crippen LogP contribution is 2.45. The summed E-state index contributed by atoms with van der Waals surface area (Å²) in [7, 11) is 0. The molecule has 4 aliphatic rings. The van der Waals surface area contributed by atoms with Gasteiger partial charge in [-0.2, -0.15) is 0 Å². The van der Waals surface area contributed by atoms with Gasteiger partial charge in [-0.3, -0.25) is 19.4 Å². The Morgan fingerprint density at radius 2 is 1.65 bits per heavy atom. The lowest BCUT2D eigenvalue weighted by Crippen LogP contribution is -2.78. The van der Waals surface area contributed by atoms with E-state index >= 15 is 0 Å². The normalized spacial score (nSPS) is 26.3. The number of hydrogen-bond acceptors (Lipinski definition) is 11. The fourth-order valence-corrected chi connectivity index (χ4v) is 6.98. The molecule has 7 rings (SSSR count). The van der Waals surface area contributed by atoms with Crippen LogP contribution in [0.3, 0.4) is 0 Å². The smallest absolute Gasteiger partial charge is 0.331 e. The maximum atomic E-state index is 13.8. The molecule has 1 spiro atoms. The Hall–Kier alpha value is -5.47. The van der Waals surface area contributed by atoms with Crippen molar-refractivity contribution >= 4 is 35.5 Å². The maximum absolute atomic E-state index is 13.8. The molecule has 4 heterocycles. The number of para-hydroxylation sites is 1. The molecule has 0 bridgehead atoms. The SMILES string of the molecule is Cc1ccccc1-c1ccccc1C(=O)NC1CN2C(N)=N[C@@H](CN3C(=O)CN(c4ccccc4)C3=O)C3N=C(N)NC32C1(O)O. The number of amides is 4. The average molecular weight is 624 g/mol. The van der Waals surface area contributed by atoms with Gasteiger partial charge >= 0.3 is 6.03 Å². The number of urea groups is 1. The van der Waals surface area contributed by atoms with Gasteiger partial charge in [-0.05, 0) is 41.8 Å². The minimum absolute atomic E-state index is 0.0952. The molecule has 14 nitrogen and oxygen atoms in total. The number of benzene rings is 3. The first-order valence-electron chi connectivity index (χ1n) is 14.8. The number of nitrogens with two attached hydrogens (primary N) is 2. The molecular weight excluding hydrogens is 590 g/mol. The zero-order valence-corrected chi connectivity index (χ0v) is 24.9. The van der Waals surface area contributed by atoms with Crippen LogP contribution in [0.1, 0.15) is 15.9 Å². The minimum Gasteiger partial charge on any atom is -0.370 e. The highest BCUT2D eigenvalue weighted by molar-refractivity contribution is 6.12. The van der Waals surface area contributed by atoms with Gasteiger partial charge in [0, 0.05) is 17.8 Å². The van der Waals surface area contributed by atoms with Crippen molar-refractivity contribution in [2.45, 2.75) is 36.5 Å². The van der Waals surface area contributed by atoms with Gasteiger partial charge in [0.2, 0.25) is 5.79 Å². The van der Waals surface area contributed by atoms with E-state index in [9.17, 15) is 24.6 Å². The zero-order chi connectivity index (χ0) is 32.4. The number of aliphatic hydroxyl groups is 2. The van der Waals surface area contributed by atoms with Gasteiger partial charge in [0.05, 0.1) is 12.6 Å². The van der Waals surface area contributed by atoms with Crippen LogP contribution in [0.25, 0.3) is 11.1 Å². The van der Waals surface area contributed by atoms with Crippen molar-refractivity contribution in [2.75, 3.05) is 24.5 Å². The van der Waals surface area contributed by atoms with Crippen LogP contribution < -0.4 is 27.0 Å². The lowest BCUT2D eigenvalue weighted by Gasteiger charge is -2.49. The molecule has 8 N–H and O–H groups in total. The average Bonchev–Trinajstić information content (AvgIpc) is 3.62. The number of guanidine groups is 2. The summed E-state index contributed by atoms with van der Waals surface area (Å²) in [5, 5.41) is 29.5. The van der Waals surface area contributed by atoms with Gasteiger partial charge in [0.15, 0.2) is 17.6 Å². The Morgan fingerprint density at radius 1 is 0.978 bits per heavy atom. The quantitative estimate of drug-likeness (QED) is 0.160. The first kappa shape index (κ1) is 29.3. The monoisotopic (exact) mass is 623 g/mol. The van der Waals surface area contributed by atoms with Gasteiger partial charge in [-0.1, -0.05) is 60.7 Å². The van der Waals surface area contributed by atoms with Crippen LogP contribution in [0.2, 0.25) is 0 Å². The number of hydrogen-bond donors (Lipinski definition) is 6. The zero-order valence-electron chi connectivity index (χ0n) is 24.9. The molecule has 0 aromatic heterocycles. The lowest BCUT2D eigenvalue weighted by molar-refractivity contribution is -0.230. The third-order valence-electron chi connectivity index (χ3n) is 9.21. The van der Waals surface area contributed by atoms with Crippen LogP contribution in [-0.2, 0) is 4.79 Å². The van der Waals surface area contributed by atoms with Gasteiger partial charge in [0.25, 0.3) is 11.8 Å². The number of nitrogens with one attached hydrogen (secondary N) is 2. The predicted molar refractivity (Wildman–Crippen MR) is 169 cm³/mol. The van der Waals surface area contributed by atoms with Crippen molar-refractivity contribution in [2.24, 2.45) is 21.5 Å².